The Labute approximate surface area is 135 Å². The minimum absolute atomic E-state index is 0.0225. The number of esters is 2. The summed E-state index contributed by atoms with van der Waals surface area (Å²) >= 11 is 0. The fourth-order valence-electron chi connectivity index (χ4n) is 1.59. The van der Waals surface area contributed by atoms with Gasteiger partial charge in [-0.1, -0.05) is 0 Å². The van der Waals surface area contributed by atoms with E-state index in [9.17, 15) is 18.0 Å². The molecule has 0 unspecified atom stereocenters. The topological polar surface area (TPSA) is 125 Å². The zero-order valence-corrected chi connectivity index (χ0v) is 14.2. The van der Waals surface area contributed by atoms with E-state index in [1.54, 1.807) is 13.8 Å². The van der Waals surface area contributed by atoms with E-state index >= 15 is 0 Å². The lowest BCUT2D eigenvalue weighted by molar-refractivity contribution is 0.0598. The van der Waals surface area contributed by atoms with E-state index in [1.807, 2.05) is 0 Å². The minimum atomic E-state index is -3.97. The summed E-state index contributed by atoms with van der Waals surface area (Å²) in [7, 11) is -1.67. The molecule has 0 aliphatic heterocycles. The molecule has 8 nitrogen and oxygen atoms in total. The van der Waals surface area contributed by atoms with Crippen molar-refractivity contribution in [3.63, 3.8) is 0 Å². The summed E-state index contributed by atoms with van der Waals surface area (Å²) < 4.78 is 36.1. The van der Waals surface area contributed by atoms with E-state index in [2.05, 4.69) is 14.2 Å². The van der Waals surface area contributed by atoms with Crippen molar-refractivity contribution in [3.05, 3.63) is 29.3 Å². The van der Waals surface area contributed by atoms with Gasteiger partial charge in [0.15, 0.2) is 0 Å². The molecule has 1 aromatic carbocycles. The van der Waals surface area contributed by atoms with Gasteiger partial charge in [0.2, 0.25) is 10.0 Å². The third kappa shape index (κ3) is 5.31. The Bertz CT molecular complexity index is 672. The van der Waals surface area contributed by atoms with Crippen LogP contribution in [-0.2, 0) is 19.5 Å². The molecular formula is C14H20N2O6S. The maximum absolute atomic E-state index is 12.3. The van der Waals surface area contributed by atoms with Crippen LogP contribution in [0.2, 0.25) is 0 Å². The molecule has 0 spiro atoms. The molecule has 9 heteroatoms. The van der Waals surface area contributed by atoms with Gasteiger partial charge in [-0.05, 0) is 32.0 Å². The number of ether oxygens (including phenoxy) is 2. The molecule has 0 heterocycles. The van der Waals surface area contributed by atoms with Crippen LogP contribution in [0.3, 0.4) is 0 Å². The van der Waals surface area contributed by atoms with E-state index in [1.165, 1.54) is 6.07 Å². The maximum Gasteiger partial charge on any atom is 0.337 e. The molecule has 0 saturated heterocycles. The third-order valence-corrected chi connectivity index (χ3v) is 4.16. The van der Waals surface area contributed by atoms with E-state index < -0.39 is 27.5 Å². The highest BCUT2D eigenvalue weighted by Crippen LogP contribution is 2.17. The van der Waals surface area contributed by atoms with Gasteiger partial charge in [-0.15, -0.1) is 0 Å². The van der Waals surface area contributed by atoms with Gasteiger partial charge in [0.25, 0.3) is 0 Å². The van der Waals surface area contributed by atoms with Gasteiger partial charge in [-0.3, -0.25) is 0 Å². The first-order valence-electron chi connectivity index (χ1n) is 6.60. The van der Waals surface area contributed by atoms with Crippen LogP contribution < -0.4 is 10.5 Å². The molecule has 0 radical (unpaired) electrons. The summed E-state index contributed by atoms with van der Waals surface area (Å²) in [6.07, 6.45) is 0. The van der Waals surface area contributed by atoms with Crippen molar-refractivity contribution >= 4 is 22.0 Å². The second-order valence-electron chi connectivity index (χ2n) is 5.54. The van der Waals surface area contributed by atoms with Crippen LogP contribution in [-0.4, -0.2) is 46.7 Å². The Hall–Kier alpha value is -1.97. The summed E-state index contributed by atoms with van der Waals surface area (Å²) in [6, 6.07) is 3.43. The average Bonchev–Trinajstić information content (AvgIpc) is 2.50. The Morgan fingerprint density at radius 3 is 1.87 bits per heavy atom. The summed E-state index contributed by atoms with van der Waals surface area (Å²) in [5, 5.41) is 0. The van der Waals surface area contributed by atoms with Crippen molar-refractivity contribution in [2.75, 3.05) is 20.8 Å². The van der Waals surface area contributed by atoms with Gasteiger partial charge >= 0.3 is 11.9 Å². The molecule has 128 valence electrons. The van der Waals surface area contributed by atoms with E-state index in [4.69, 9.17) is 5.73 Å². The molecule has 0 fully saturated rings. The Balaban J connectivity index is 3.33. The van der Waals surface area contributed by atoms with Crippen molar-refractivity contribution < 1.29 is 27.5 Å². The lowest BCUT2D eigenvalue weighted by atomic mass is 10.1. The molecule has 23 heavy (non-hydrogen) atoms. The standard InChI is InChI=1S/C14H20N2O6S/c1-14(2,15)8-16-23(19,20)11-6-9(12(17)21-3)5-10(7-11)13(18)22-4/h5-7,16H,8,15H2,1-4H3. The van der Waals surface area contributed by atoms with Gasteiger partial charge in [0.1, 0.15) is 0 Å². The molecule has 0 aliphatic rings. The normalized spacial score (nSPS) is 11.9. The van der Waals surface area contributed by atoms with Gasteiger partial charge < -0.3 is 15.2 Å². The van der Waals surface area contributed by atoms with Crippen LogP contribution in [0.4, 0.5) is 0 Å². The summed E-state index contributed by atoms with van der Waals surface area (Å²) in [5.41, 5.74) is 4.82. The first-order valence-corrected chi connectivity index (χ1v) is 8.09. The molecule has 0 atom stereocenters. The lowest BCUT2D eigenvalue weighted by Crippen LogP contribution is -2.45. The highest BCUT2D eigenvalue weighted by atomic mass is 32.2. The number of nitrogens with one attached hydrogen (secondary N) is 1. The van der Waals surface area contributed by atoms with Crippen LogP contribution in [0.25, 0.3) is 0 Å². The van der Waals surface area contributed by atoms with Crippen molar-refractivity contribution in [2.45, 2.75) is 24.3 Å². The number of nitrogens with two attached hydrogens (primary N) is 1. The Kier molecular flexibility index (Phi) is 5.86. The van der Waals surface area contributed by atoms with Crippen LogP contribution in [0.1, 0.15) is 34.6 Å². The highest BCUT2D eigenvalue weighted by Gasteiger charge is 2.23. The number of benzene rings is 1. The van der Waals surface area contributed by atoms with Crippen LogP contribution in [0.5, 0.6) is 0 Å². The Morgan fingerprint density at radius 2 is 1.52 bits per heavy atom. The molecule has 1 aromatic rings. The van der Waals surface area contributed by atoms with Crippen molar-refractivity contribution in [3.8, 4) is 0 Å². The number of hydrogen-bond donors (Lipinski definition) is 2. The molecule has 0 saturated carbocycles. The molecule has 3 N–H and O–H groups in total. The first kappa shape index (κ1) is 19.1. The molecule has 0 aliphatic carbocycles. The molecule has 0 aromatic heterocycles. The van der Waals surface area contributed by atoms with Crippen LogP contribution in [0, 0.1) is 0 Å². The second kappa shape index (κ2) is 7.07. The largest absolute Gasteiger partial charge is 0.465 e. The number of rotatable bonds is 6. The third-order valence-electron chi connectivity index (χ3n) is 2.78. The van der Waals surface area contributed by atoms with Crippen LogP contribution >= 0.6 is 0 Å². The number of carbonyl (C=O) groups excluding carboxylic acids is 2. The maximum atomic E-state index is 12.3. The fourth-order valence-corrected chi connectivity index (χ4v) is 2.88. The predicted octanol–water partition coefficient (Wildman–Crippen LogP) is 0.275. The number of hydrogen-bond acceptors (Lipinski definition) is 7. The van der Waals surface area contributed by atoms with E-state index in [0.29, 0.717) is 0 Å². The molecule has 0 bridgehead atoms. The second-order valence-corrected chi connectivity index (χ2v) is 7.31. The molecule has 0 amide bonds. The van der Waals surface area contributed by atoms with Crippen molar-refractivity contribution in [2.24, 2.45) is 5.73 Å². The van der Waals surface area contributed by atoms with Gasteiger partial charge in [0, 0.05) is 12.1 Å². The minimum Gasteiger partial charge on any atom is -0.465 e. The zero-order valence-electron chi connectivity index (χ0n) is 13.4. The van der Waals surface area contributed by atoms with E-state index in [0.717, 1.165) is 26.4 Å². The quantitative estimate of drug-likeness (QED) is 0.710. The number of carbonyl (C=O) groups is 2. The zero-order chi connectivity index (χ0) is 17.8. The summed E-state index contributed by atoms with van der Waals surface area (Å²) in [6.45, 7) is 3.28. The SMILES string of the molecule is COC(=O)c1cc(C(=O)OC)cc(S(=O)(=O)NCC(C)(C)N)c1. The first-order chi connectivity index (χ1) is 10.5. The summed E-state index contributed by atoms with van der Waals surface area (Å²) in [5.74, 6) is -1.54. The van der Waals surface area contributed by atoms with Gasteiger partial charge in [0.05, 0.1) is 30.2 Å². The summed E-state index contributed by atoms with van der Waals surface area (Å²) in [4.78, 5) is 23.1. The van der Waals surface area contributed by atoms with Crippen molar-refractivity contribution in [1.29, 1.82) is 0 Å². The van der Waals surface area contributed by atoms with Crippen LogP contribution in [0.15, 0.2) is 23.1 Å². The van der Waals surface area contributed by atoms with Gasteiger partial charge in [-0.2, -0.15) is 0 Å². The Morgan fingerprint density at radius 1 is 1.09 bits per heavy atom. The average molecular weight is 344 g/mol. The predicted molar refractivity (Wildman–Crippen MR) is 82.6 cm³/mol. The molecular weight excluding hydrogens is 324 g/mol. The van der Waals surface area contributed by atoms with Gasteiger partial charge in [-0.25, -0.2) is 22.7 Å². The highest BCUT2D eigenvalue weighted by molar-refractivity contribution is 7.89. The smallest absolute Gasteiger partial charge is 0.337 e. The molecule has 1 rings (SSSR count). The van der Waals surface area contributed by atoms with E-state index in [-0.39, 0.29) is 22.6 Å². The monoisotopic (exact) mass is 344 g/mol. The number of methoxy groups -OCH3 is 2. The lowest BCUT2D eigenvalue weighted by Gasteiger charge is -2.19. The van der Waals surface area contributed by atoms with Crippen molar-refractivity contribution in [1.82, 2.24) is 4.72 Å². The fraction of sp³-hybridized carbons (Fsp3) is 0.429. The number of sulfonamides is 1.